The van der Waals surface area contributed by atoms with Gasteiger partial charge in [-0.15, -0.1) is 0 Å². The van der Waals surface area contributed by atoms with Crippen LogP contribution in [0.2, 0.25) is 0 Å². The Morgan fingerprint density at radius 3 is 2.48 bits per heavy atom. The van der Waals surface area contributed by atoms with Crippen molar-refractivity contribution in [3.8, 4) is 0 Å². The molecule has 0 amide bonds. The van der Waals surface area contributed by atoms with E-state index in [1.165, 1.54) is 11.1 Å². The highest BCUT2D eigenvalue weighted by atomic mass is 16.5. The summed E-state index contributed by atoms with van der Waals surface area (Å²) >= 11 is 0. The van der Waals surface area contributed by atoms with Gasteiger partial charge in [0.25, 0.3) is 0 Å². The Balaban J connectivity index is 2.53. The summed E-state index contributed by atoms with van der Waals surface area (Å²) in [7, 11) is 4.03. The minimum Gasteiger partial charge on any atom is -0.463 e. The number of carbonyl (C=O) groups excluding carboxylic acids is 1. The summed E-state index contributed by atoms with van der Waals surface area (Å²) in [5.41, 5.74) is 3.06. The first-order valence-electron chi connectivity index (χ1n) is 8.73. The van der Waals surface area contributed by atoms with Crippen LogP contribution in [0, 0.1) is 0 Å². The molecule has 0 aliphatic heterocycles. The lowest BCUT2D eigenvalue weighted by Gasteiger charge is -2.22. The topological polar surface area (TPSA) is 38.8 Å². The summed E-state index contributed by atoms with van der Waals surface area (Å²) in [6.07, 6.45) is 4.92. The Morgan fingerprint density at radius 2 is 1.88 bits per heavy atom. The van der Waals surface area contributed by atoms with Crippen molar-refractivity contribution in [3.63, 3.8) is 0 Å². The zero-order chi connectivity index (χ0) is 18.7. The summed E-state index contributed by atoms with van der Waals surface area (Å²) in [6.45, 7) is 7.31. The lowest BCUT2D eigenvalue weighted by Crippen LogP contribution is -2.27. The molecule has 0 aromatic heterocycles. The van der Waals surface area contributed by atoms with Gasteiger partial charge in [-0.1, -0.05) is 48.1 Å². The first-order chi connectivity index (χ1) is 11.9. The third kappa shape index (κ3) is 8.66. The van der Waals surface area contributed by atoms with Crippen LogP contribution < -0.4 is 0 Å². The molecule has 138 valence electrons. The van der Waals surface area contributed by atoms with Gasteiger partial charge in [-0.2, -0.15) is 0 Å². The molecule has 0 N–H and O–H groups in total. The van der Waals surface area contributed by atoms with Gasteiger partial charge in [0.15, 0.2) is 0 Å². The zero-order valence-electron chi connectivity index (χ0n) is 16.1. The van der Waals surface area contributed by atoms with Crippen molar-refractivity contribution in [2.45, 2.75) is 39.8 Å². The number of benzene rings is 1. The quantitative estimate of drug-likeness (QED) is 0.278. The molecule has 1 rings (SSSR count). The molecule has 0 heterocycles. The largest absolute Gasteiger partial charge is 0.463 e. The van der Waals surface area contributed by atoms with Gasteiger partial charge in [0.1, 0.15) is 0 Å². The third-order valence-corrected chi connectivity index (χ3v) is 3.90. The molecule has 0 fully saturated rings. The molecule has 0 aliphatic rings. The van der Waals surface area contributed by atoms with E-state index < -0.39 is 0 Å². The predicted octanol–water partition coefficient (Wildman–Crippen LogP) is 3.98. The Bertz CT molecular complexity index is 576. The molecule has 0 spiro atoms. The van der Waals surface area contributed by atoms with Crippen LogP contribution >= 0.6 is 0 Å². The van der Waals surface area contributed by atoms with Crippen LogP contribution in [0.25, 0.3) is 0 Å². The SMILES string of the molecule is CCOC(=O)/C(C)=C/C(C/C(C)=C/COCc1ccccc1)N(C)C. The molecule has 0 aliphatic carbocycles. The van der Waals surface area contributed by atoms with Gasteiger partial charge in [-0.05, 0) is 46.9 Å². The van der Waals surface area contributed by atoms with Crippen molar-refractivity contribution in [2.24, 2.45) is 0 Å². The van der Waals surface area contributed by atoms with Gasteiger partial charge >= 0.3 is 5.97 Å². The minimum absolute atomic E-state index is 0.148. The molecule has 1 unspecified atom stereocenters. The molecule has 25 heavy (non-hydrogen) atoms. The van der Waals surface area contributed by atoms with E-state index in [0.717, 1.165) is 6.42 Å². The molecule has 0 radical (unpaired) electrons. The van der Waals surface area contributed by atoms with Crippen LogP contribution in [0.1, 0.15) is 32.8 Å². The van der Waals surface area contributed by atoms with E-state index in [1.54, 1.807) is 6.92 Å². The van der Waals surface area contributed by atoms with E-state index in [2.05, 4.69) is 30.0 Å². The lowest BCUT2D eigenvalue weighted by molar-refractivity contribution is -0.138. The second-order valence-electron chi connectivity index (χ2n) is 6.36. The van der Waals surface area contributed by atoms with Crippen molar-refractivity contribution >= 4 is 5.97 Å². The van der Waals surface area contributed by atoms with Crippen molar-refractivity contribution in [2.75, 3.05) is 27.3 Å². The molecule has 4 nitrogen and oxygen atoms in total. The van der Waals surface area contributed by atoms with Crippen LogP contribution in [-0.2, 0) is 20.9 Å². The van der Waals surface area contributed by atoms with E-state index >= 15 is 0 Å². The van der Waals surface area contributed by atoms with Gasteiger partial charge < -0.3 is 14.4 Å². The highest BCUT2D eigenvalue weighted by Crippen LogP contribution is 2.13. The molecule has 1 atom stereocenters. The number of hydrogen-bond acceptors (Lipinski definition) is 4. The first-order valence-corrected chi connectivity index (χ1v) is 8.73. The van der Waals surface area contributed by atoms with E-state index in [9.17, 15) is 4.79 Å². The Hall–Kier alpha value is -1.91. The monoisotopic (exact) mass is 345 g/mol. The zero-order valence-corrected chi connectivity index (χ0v) is 16.1. The maximum absolute atomic E-state index is 11.8. The molecular formula is C21H31NO3. The Labute approximate surface area is 152 Å². The Morgan fingerprint density at radius 1 is 1.20 bits per heavy atom. The lowest BCUT2D eigenvalue weighted by atomic mass is 10.0. The van der Waals surface area contributed by atoms with Crippen molar-refractivity contribution < 1.29 is 14.3 Å². The van der Waals surface area contributed by atoms with Gasteiger partial charge in [-0.3, -0.25) is 0 Å². The number of rotatable bonds is 10. The fourth-order valence-electron chi connectivity index (χ4n) is 2.36. The first kappa shape index (κ1) is 21.1. The van der Waals surface area contributed by atoms with Crippen molar-refractivity contribution in [3.05, 3.63) is 59.2 Å². The summed E-state index contributed by atoms with van der Waals surface area (Å²) in [4.78, 5) is 13.9. The molecule has 1 aromatic rings. The molecule has 0 saturated carbocycles. The summed E-state index contributed by atoms with van der Waals surface area (Å²) in [5, 5.41) is 0. The van der Waals surface area contributed by atoms with Gasteiger partial charge in [0, 0.05) is 11.6 Å². The summed E-state index contributed by atoms with van der Waals surface area (Å²) in [5.74, 6) is -0.248. The number of hydrogen-bond donors (Lipinski definition) is 0. The smallest absolute Gasteiger partial charge is 0.333 e. The number of esters is 1. The number of ether oxygens (including phenoxy) is 2. The fraction of sp³-hybridized carbons (Fsp3) is 0.476. The van der Waals surface area contributed by atoms with E-state index in [0.29, 0.717) is 25.4 Å². The van der Waals surface area contributed by atoms with Crippen molar-refractivity contribution in [1.29, 1.82) is 0 Å². The van der Waals surface area contributed by atoms with Crippen molar-refractivity contribution in [1.82, 2.24) is 4.90 Å². The average Bonchev–Trinajstić information content (AvgIpc) is 2.59. The Kier molecular flexibility index (Phi) is 9.81. The molecular weight excluding hydrogens is 314 g/mol. The van der Waals surface area contributed by atoms with Crippen LogP contribution in [-0.4, -0.2) is 44.2 Å². The van der Waals surface area contributed by atoms with Crippen LogP contribution in [0.4, 0.5) is 0 Å². The van der Waals surface area contributed by atoms with Crippen LogP contribution in [0.3, 0.4) is 0 Å². The highest BCUT2D eigenvalue weighted by Gasteiger charge is 2.13. The van der Waals surface area contributed by atoms with Gasteiger partial charge in [-0.25, -0.2) is 4.79 Å². The second kappa shape index (κ2) is 11.6. The second-order valence-corrected chi connectivity index (χ2v) is 6.36. The maximum Gasteiger partial charge on any atom is 0.333 e. The van der Waals surface area contributed by atoms with Crippen LogP contribution in [0.5, 0.6) is 0 Å². The van der Waals surface area contributed by atoms with Crippen LogP contribution in [0.15, 0.2) is 53.6 Å². The normalized spacial score (nSPS) is 13.8. The number of likely N-dealkylation sites (N-methyl/N-ethyl adjacent to an activating group) is 1. The number of carbonyl (C=O) groups is 1. The fourth-order valence-corrected chi connectivity index (χ4v) is 2.36. The molecule has 1 aromatic carbocycles. The maximum atomic E-state index is 11.8. The summed E-state index contributed by atoms with van der Waals surface area (Å²) < 4.78 is 10.8. The van der Waals surface area contributed by atoms with Gasteiger partial charge in [0.05, 0.1) is 19.8 Å². The number of nitrogens with zero attached hydrogens (tertiary/aromatic N) is 1. The average molecular weight is 345 g/mol. The molecule has 0 saturated heterocycles. The van der Waals surface area contributed by atoms with E-state index in [1.807, 2.05) is 45.3 Å². The van der Waals surface area contributed by atoms with E-state index in [4.69, 9.17) is 9.47 Å². The molecule has 4 heteroatoms. The standard InChI is InChI=1S/C21H31NO3/c1-6-25-21(23)18(3)15-20(22(4)5)14-17(2)12-13-24-16-19-10-8-7-9-11-19/h7-12,15,20H,6,13-14,16H2,1-5H3/b17-12+,18-15+. The third-order valence-electron chi connectivity index (χ3n) is 3.90. The molecule has 0 bridgehead atoms. The summed E-state index contributed by atoms with van der Waals surface area (Å²) in [6, 6.07) is 10.3. The van der Waals surface area contributed by atoms with Gasteiger partial charge in [0.2, 0.25) is 0 Å². The minimum atomic E-state index is -0.248. The van der Waals surface area contributed by atoms with E-state index in [-0.39, 0.29) is 12.0 Å². The highest BCUT2D eigenvalue weighted by molar-refractivity contribution is 5.87. The predicted molar refractivity (Wildman–Crippen MR) is 102 cm³/mol.